The Kier molecular flexibility index (Phi) is 8.11. The van der Waals surface area contributed by atoms with Crippen molar-refractivity contribution in [3.63, 3.8) is 0 Å². The third kappa shape index (κ3) is 5.04. The first-order chi connectivity index (χ1) is 9.33. The molecule has 116 valence electrons. The molecule has 2 heterocycles. The zero-order chi connectivity index (χ0) is 13.5. The van der Waals surface area contributed by atoms with Crippen molar-refractivity contribution >= 4 is 12.4 Å². The molecule has 0 aromatic carbocycles. The van der Waals surface area contributed by atoms with Gasteiger partial charge < -0.3 is 5.32 Å². The van der Waals surface area contributed by atoms with Crippen LogP contribution in [0.2, 0.25) is 0 Å². The molecule has 1 N–H and O–H groups in total. The maximum Gasteiger partial charge on any atom is 0.141 e. The lowest BCUT2D eigenvalue weighted by Gasteiger charge is -2.31. The highest BCUT2D eigenvalue weighted by atomic mass is 35.5. The van der Waals surface area contributed by atoms with Crippen molar-refractivity contribution < 1.29 is 0 Å². The Hall–Kier alpha value is -0.650. The Morgan fingerprint density at radius 3 is 2.70 bits per heavy atom. The lowest BCUT2D eigenvalue weighted by molar-refractivity contribution is 0.170. The Balaban J connectivity index is 0.00000200. The van der Waals surface area contributed by atoms with E-state index in [1.165, 1.54) is 32.5 Å². The number of piperidine rings is 1. The Morgan fingerprint density at radius 1 is 1.30 bits per heavy atom. The molecule has 1 aliphatic rings. The molecule has 2 rings (SSSR count). The van der Waals surface area contributed by atoms with Gasteiger partial charge in [0.2, 0.25) is 0 Å². The maximum absolute atomic E-state index is 4.40. The molecule has 0 saturated carbocycles. The normalized spacial score (nSPS) is 17.1. The van der Waals surface area contributed by atoms with E-state index in [2.05, 4.69) is 34.1 Å². The van der Waals surface area contributed by atoms with Crippen LogP contribution >= 0.6 is 12.4 Å². The van der Waals surface area contributed by atoms with Gasteiger partial charge in [0.15, 0.2) is 0 Å². The molecular formula is C14H28ClN5. The highest BCUT2D eigenvalue weighted by molar-refractivity contribution is 5.85. The Morgan fingerprint density at radius 2 is 2.05 bits per heavy atom. The molecule has 0 bridgehead atoms. The average Bonchev–Trinajstić information content (AvgIpc) is 2.86. The van der Waals surface area contributed by atoms with Crippen molar-refractivity contribution in [2.45, 2.75) is 46.2 Å². The summed E-state index contributed by atoms with van der Waals surface area (Å²) in [6, 6.07) is 0. The molecule has 1 aromatic heterocycles. The first-order valence-electron chi connectivity index (χ1n) is 7.63. The minimum absolute atomic E-state index is 0. The number of aryl methyl sites for hydroxylation is 1. The number of likely N-dealkylation sites (tertiary alicyclic amines) is 1. The van der Waals surface area contributed by atoms with Gasteiger partial charge in [-0.05, 0) is 51.4 Å². The summed E-state index contributed by atoms with van der Waals surface area (Å²) < 4.78 is 2.05. The van der Waals surface area contributed by atoms with Crippen molar-refractivity contribution in [3.8, 4) is 0 Å². The van der Waals surface area contributed by atoms with E-state index in [-0.39, 0.29) is 12.4 Å². The number of nitrogens with one attached hydrogen (secondary N) is 1. The maximum atomic E-state index is 4.40. The fraction of sp³-hybridized carbons (Fsp3) is 0.857. The smallest absolute Gasteiger partial charge is 0.141 e. The number of aromatic nitrogens is 3. The van der Waals surface area contributed by atoms with Crippen molar-refractivity contribution in [1.82, 2.24) is 25.0 Å². The fourth-order valence-corrected chi connectivity index (χ4v) is 2.71. The molecule has 20 heavy (non-hydrogen) atoms. The number of rotatable bonds is 7. The first kappa shape index (κ1) is 17.4. The van der Waals surface area contributed by atoms with Crippen molar-refractivity contribution in [2.75, 3.05) is 26.2 Å². The van der Waals surface area contributed by atoms with Crippen LogP contribution in [-0.4, -0.2) is 45.8 Å². The van der Waals surface area contributed by atoms with Gasteiger partial charge in [0.25, 0.3) is 0 Å². The van der Waals surface area contributed by atoms with E-state index in [1.807, 2.05) is 4.68 Å². The molecule has 1 saturated heterocycles. The molecule has 0 aliphatic carbocycles. The van der Waals surface area contributed by atoms with Crippen molar-refractivity contribution in [1.29, 1.82) is 0 Å². The van der Waals surface area contributed by atoms with Gasteiger partial charge in [0.1, 0.15) is 12.2 Å². The molecule has 1 aromatic rings. The Labute approximate surface area is 128 Å². The summed E-state index contributed by atoms with van der Waals surface area (Å²) in [4.78, 5) is 6.91. The fourth-order valence-electron chi connectivity index (χ4n) is 2.71. The number of hydrogen-bond donors (Lipinski definition) is 1. The van der Waals surface area contributed by atoms with Crippen LogP contribution < -0.4 is 5.32 Å². The largest absolute Gasteiger partial charge is 0.317 e. The summed E-state index contributed by atoms with van der Waals surface area (Å²) in [5, 5.41) is 7.76. The molecule has 1 aliphatic heterocycles. The molecular weight excluding hydrogens is 274 g/mol. The third-order valence-corrected chi connectivity index (χ3v) is 3.89. The van der Waals surface area contributed by atoms with Crippen molar-refractivity contribution in [3.05, 3.63) is 12.2 Å². The van der Waals surface area contributed by atoms with Gasteiger partial charge in [-0.2, -0.15) is 5.10 Å². The topological polar surface area (TPSA) is 46.0 Å². The van der Waals surface area contributed by atoms with Crippen LogP contribution in [0.25, 0.3) is 0 Å². The predicted octanol–water partition coefficient (Wildman–Crippen LogP) is 1.93. The standard InChI is InChI=1S/C14H27N5.ClH/c1-3-7-19-14(16-12-17-19)11-18-8-5-13(6-9-18)10-15-4-2;/h12-13,15H,3-11H2,1-2H3;1H. The summed E-state index contributed by atoms with van der Waals surface area (Å²) in [5.41, 5.74) is 0. The minimum Gasteiger partial charge on any atom is -0.317 e. The van der Waals surface area contributed by atoms with Crippen LogP contribution in [-0.2, 0) is 13.1 Å². The highest BCUT2D eigenvalue weighted by Gasteiger charge is 2.20. The van der Waals surface area contributed by atoms with E-state index < -0.39 is 0 Å². The lowest BCUT2D eigenvalue weighted by Crippen LogP contribution is -2.37. The van der Waals surface area contributed by atoms with Crippen LogP contribution in [0, 0.1) is 5.92 Å². The van der Waals surface area contributed by atoms with Crippen LogP contribution in [0.4, 0.5) is 0 Å². The average molecular weight is 302 g/mol. The summed E-state index contributed by atoms with van der Waals surface area (Å²) >= 11 is 0. The molecule has 1 fully saturated rings. The van der Waals surface area contributed by atoms with Crippen molar-refractivity contribution in [2.24, 2.45) is 5.92 Å². The monoisotopic (exact) mass is 301 g/mol. The SMILES string of the molecule is CCCn1ncnc1CN1CCC(CNCC)CC1.Cl. The van der Waals surface area contributed by atoms with Crippen LogP contribution in [0.5, 0.6) is 0 Å². The molecule has 5 nitrogen and oxygen atoms in total. The second kappa shape index (κ2) is 9.32. The summed E-state index contributed by atoms with van der Waals surface area (Å²) in [6.07, 6.45) is 5.40. The number of halogens is 1. The molecule has 0 atom stereocenters. The Bertz CT molecular complexity index is 360. The molecule has 6 heteroatoms. The van der Waals surface area contributed by atoms with Gasteiger partial charge in [0.05, 0.1) is 6.54 Å². The highest BCUT2D eigenvalue weighted by Crippen LogP contribution is 2.17. The lowest BCUT2D eigenvalue weighted by atomic mass is 9.97. The van der Waals surface area contributed by atoms with Crippen LogP contribution in [0.15, 0.2) is 6.33 Å². The van der Waals surface area contributed by atoms with Gasteiger partial charge in [-0.3, -0.25) is 4.90 Å². The summed E-state index contributed by atoms with van der Waals surface area (Å²) in [5.74, 6) is 1.97. The van der Waals surface area contributed by atoms with Crippen LogP contribution in [0.1, 0.15) is 38.9 Å². The first-order valence-corrected chi connectivity index (χ1v) is 7.63. The van der Waals surface area contributed by atoms with Gasteiger partial charge in [-0.1, -0.05) is 13.8 Å². The molecule has 0 radical (unpaired) electrons. The second-order valence-corrected chi connectivity index (χ2v) is 5.43. The summed E-state index contributed by atoms with van der Waals surface area (Å²) in [6.45, 7) is 10.9. The van der Waals surface area contributed by atoms with E-state index in [9.17, 15) is 0 Å². The molecule has 0 spiro atoms. The van der Waals surface area contributed by atoms with E-state index >= 15 is 0 Å². The number of nitrogens with zero attached hydrogens (tertiary/aromatic N) is 4. The predicted molar refractivity (Wildman–Crippen MR) is 84.1 cm³/mol. The van der Waals surface area contributed by atoms with Gasteiger partial charge >= 0.3 is 0 Å². The van der Waals surface area contributed by atoms with Gasteiger partial charge in [0, 0.05) is 6.54 Å². The van der Waals surface area contributed by atoms with E-state index in [0.717, 1.165) is 37.8 Å². The van der Waals surface area contributed by atoms with Gasteiger partial charge in [-0.25, -0.2) is 9.67 Å². The zero-order valence-corrected chi connectivity index (χ0v) is 13.5. The minimum atomic E-state index is 0. The van der Waals surface area contributed by atoms with E-state index in [1.54, 1.807) is 6.33 Å². The quantitative estimate of drug-likeness (QED) is 0.836. The second-order valence-electron chi connectivity index (χ2n) is 5.43. The molecule has 0 unspecified atom stereocenters. The summed E-state index contributed by atoms with van der Waals surface area (Å²) in [7, 11) is 0. The van der Waals surface area contributed by atoms with E-state index in [0.29, 0.717) is 0 Å². The zero-order valence-electron chi connectivity index (χ0n) is 12.7. The van der Waals surface area contributed by atoms with Gasteiger partial charge in [-0.15, -0.1) is 12.4 Å². The molecule has 0 amide bonds. The number of hydrogen-bond acceptors (Lipinski definition) is 4. The van der Waals surface area contributed by atoms with E-state index in [4.69, 9.17) is 0 Å². The third-order valence-electron chi connectivity index (χ3n) is 3.89. The van der Waals surface area contributed by atoms with Crippen LogP contribution in [0.3, 0.4) is 0 Å².